The Morgan fingerprint density at radius 3 is 2.71 bits per heavy atom. The lowest BCUT2D eigenvalue weighted by Gasteiger charge is -2.09. The topological polar surface area (TPSA) is 35.2 Å². The van der Waals surface area contributed by atoms with Gasteiger partial charge in [-0.15, -0.1) is 0 Å². The van der Waals surface area contributed by atoms with Crippen LogP contribution in [0, 0.1) is 0 Å². The third-order valence-electron chi connectivity index (χ3n) is 2.58. The van der Waals surface area contributed by atoms with Crippen LogP contribution in [0.3, 0.4) is 0 Å². The first-order valence-electron chi connectivity index (χ1n) is 5.44. The minimum Gasteiger partial charge on any atom is -0.488 e. The molecule has 0 amide bonds. The maximum absolute atomic E-state index is 12.4. The van der Waals surface area contributed by atoms with Gasteiger partial charge in [0.1, 0.15) is 12.4 Å². The number of ether oxygens (including phenoxy) is 1. The Labute approximate surface area is 99.5 Å². The van der Waals surface area contributed by atoms with Crippen LogP contribution < -0.4 is 10.5 Å². The summed E-state index contributed by atoms with van der Waals surface area (Å²) in [6.45, 7) is 0.349. The monoisotopic (exact) mass is 231 g/mol. The van der Waals surface area contributed by atoms with Crippen LogP contribution in [0.15, 0.2) is 54.4 Å². The predicted octanol–water partition coefficient (Wildman–Crippen LogP) is 3.03. The third-order valence-corrected chi connectivity index (χ3v) is 2.58. The van der Waals surface area contributed by atoms with Crippen molar-refractivity contribution in [2.45, 2.75) is 0 Å². The molecule has 0 atom stereocenters. The lowest BCUT2D eigenvalue weighted by molar-refractivity contribution is 0.351. The smallest absolute Gasteiger partial charge is 0.127 e. The zero-order chi connectivity index (χ0) is 12.1. The highest BCUT2D eigenvalue weighted by molar-refractivity contribution is 5.88. The number of hydrogen-bond acceptors (Lipinski definition) is 2. The van der Waals surface area contributed by atoms with E-state index in [1.165, 1.54) is 0 Å². The van der Waals surface area contributed by atoms with Crippen LogP contribution in [0.25, 0.3) is 10.8 Å². The summed E-state index contributed by atoms with van der Waals surface area (Å²) in [6, 6.07) is 13.7. The first-order valence-corrected chi connectivity index (χ1v) is 5.44. The molecule has 0 aromatic heterocycles. The molecule has 2 N–H and O–H groups in total. The largest absolute Gasteiger partial charge is 0.488 e. The average molecular weight is 231 g/mol. The zero-order valence-electron chi connectivity index (χ0n) is 9.40. The fraction of sp³-hybridized carbons (Fsp3) is 0.143. The van der Waals surface area contributed by atoms with Crippen molar-refractivity contribution < 1.29 is 9.13 Å². The van der Waals surface area contributed by atoms with E-state index in [1.807, 2.05) is 42.5 Å². The number of hydrogen-bond donors (Lipinski definition) is 1. The van der Waals surface area contributed by atoms with Crippen molar-refractivity contribution in [1.82, 2.24) is 0 Å². The fourth-order valence-corrected chi connectivity index (χ4v) is 1.63. The molecule has 0 bridgehead atoms. The van der Waals surface area contributed by atoms with Gasteiger partial charge in [-0.3, -0.25) is 0 Å². The van der Waals surface area contributed by atoms with Crippen molar-refractivity contribution in [1.29, 1.82) is 0 Å². The molecule has 0 spiro atoms. The predicted molar refractivity (Wildman–Crippen MR) is 67.7 cm³/mol. The molecular formula is C14H14FNO. The van der Waals surface area contributed by atoms with Gasteiger partial charge in [0.2, 0.25) is 0 Å². The van der Waals surface area contributed by atoms with E-state index in [2.05, 4.69) is 0 Å². The highest BCUT2D eigenvalue weighted by Crippen LogP contribution is 2.25. The van der Waals surface area contributed by atoms with Crippen LogP contribution in [-0.4, -0.2) is 13.2 Å². The minimum atomic E-state index is 0.168. The van der Waals surface area contributed by atoms with Gasteiger partial charge >= 0.3 is 0 Å². The van der Waals surface area contributed by atoms with Crippen molar-refractivity contribution >= 4 is 10.8 Å². The second kappa shape index (κ2) is 5.46. The lowest BCUT2D eigenvalue weighted by atomic mass is 10.1. The number of fused-ring (bicyclic) bond motifs is 1. The summed E-state index contributed by atoms with van der Waals surface area (Å²) in [4.78, 5) is 0. The van der Waals surface area contributed by atoms with Crippen LogP contribution in [0.2, 0.25) is 0 Å². The Morgan fingerprint density at radius 2 is 1.94 bits per heavy atom. The fourth-order valence-electron chi connectivity index (χ4n) is 1.63. The molecule has 0 saturated carbocycles. The van der Waals surface area contributed by atoms with Crippen molar-refractivity contribution in [3.8, 4) is 5.75 Å². The van der Waals surface area contributed by atoms with E-state index in [0.717, 1.165) is 16.5 Å². The molecule has 2 rings (SSSR count). The molecule has 88 valence electrons. The first kappa shape index (κ1) is 11.6. The van der Waals surface area contributed by atoms with Crippen molar-refractivity contribution in [3.05, 3.63) is 54.4 Å². The first-order chi connectivity index (χ1) is 8.35. The van der Waals surface area contributed by atoms with E-state index >= 15 is 0 Å². The molecule has 2 aromatic carbocycles. The number of nitrogens with two attached hydrogens (primary N) is 1. The standard InChI is InChI=1S/C14H14FNO/c15-8-11(9-16)10-17-14-7-3-5-12-4-1-2-6-13(12)14/h1-8H,9-10,16H2. The summed E-state index contributed by atoms with van der Waals surface area (Å²) >= 11 is 0. The van der Waals surface area contributed by atoms with E-state index < -0.39 is 0 Å². The van der Waals surface area contributed by atoms with Gasteiger partial charge in [-0.2, -0.15) is 0 Å². The highest BCUT2D eigenvalue weighted by Gasteiger charge is 2.02. The molecule has 2 nitrogen and oxygen atoms in total. The van der Waals surface area contributed by atoms with Gasteiger partial charge in [-0.05, 0) is 11.5 Å². The normalized spacial score (nSPS) is 11.8. The SMILES string of the molecule is NCC(=CF)COc1cccc2ccccc12. The maximum Gasteiger partial charge on any atom is 0.127 e. The van der Waals surface area contributed by atoms with Crippen molar-refractivity contribution in [3.63, 3.8) is 0 Å². The zero-order valence-corrected chi connectivity index (χ0v) is 9.40. The van der Waals surface area contributed by atoms with Gasteiger partial charge in [0.05, 0.1) is 6.33 Å². The summed E-state index contributed by atoms with van der Waals surface area (Å²) < 4.78 is 17.9. The van der Waals surface area contributed by atoms with E-state index in [1.54, 1.807) is 0 Å². The van der Waals surface area contributed by atoms with Crippen LogP contribution in [0.5, 0.6) is 5.75 Å². The third kappa shape index (κ3) is 2.63. The molecule has 0 unspecified atom stereocenters. The van der Waals surface area contributed by atoms with E-state index in [-0.39, 0.29) is 13.2 Å². The van der Waals surface area contributed by atoms with Crippen LogP contribution in [0.1, 0.15) is 0 Å². The van der Waals surface area contributed by atoms with Crippen LogP contribution in [0.4, 0.5) is 4.39 Å². The summed E-state index contributed by atoms with van der Waals surface area (Å²) in [5, 5.41) is 2.12. The van der Waals surface area contributed by atoms with Crippen LogP contribution >= 0.6 is 0 Å². The molecule has 17 heavy (non-hydrogen) atoms. The van der Waals surface area contributed by atoms with E-state index in [4.69, 9.17) is 10.5 Å². The molecule has 0 heterocycles. The van der Waals surface area contributed by atoms with Gasteiger partial charge in [-0.25, -0.2) is 4.39 Å². The van der Waals surface area contributed by atoms with Crippen molar-refractivity contribution in [2.24, 2.45) is 5.73 Å². The van der Waals surface area contributed by atoms with E-state index in [9.17, 15) is 4.39 Å². The van der Waals surface area contributed by atoms with Crippen molar-refractivity contribution in [2.75, 3.05) is 13.2 Å². The Hall–Kier alpha value is -1.87. The number of rotatable bonds is 4. The molecule has 0 aliphatic carbocycles. The van der Waals surface area contributed by atoms with E-state index in [0.29, 0.717) is 11.9 Å². The summed E-state index contributed by atoms with van der Waals surface area (Å²) in [5.41, 5.74) is 5.81. The van der Waals surface area contributed by atoms with Gasteiger partial charge in [-0.1, -0.05) is 36.4 Å². The Bertz CT molecular complexity index is 531. The van der Waals surface area contributed by atoms with Gasteiger partial charge in [0.15, 0.2) is 0 Å². The lowest BCUT2D eigenvalue weighted by Crippen LogP contribution is -2.10. The molecule has 2 aromatic rings. The molecule has 3 heteroatoms. The molecule has 0 fully saturated rings. The second-order valence-corrected chi connectivity index (χ2v) is 3.74. The Balaban J connectivity index is 2.24. The maximum atomic E-state index is 12.4. The number of halogens is 1. The van der Waals surface area contributed by atoms with Crippen LogP contribution in [-0.2, 0) is 0 Å². The van der Waals surface area contributed by atoms with Gasteiger partial charge in [0.25, 0.3) is 0 Å². The Kier molecular flexibility index (Phi) is 3.73. The minimum absolute atomic E-state index is 0.168. The van der Waals surface area contributed by atoms with Gasteiger partial charge in [0, 0.05) is 17.5 Å². The molecule has 0 aliphatic rings. The average Bonchev–Trinajstić information content (AvgIpc) is 2.40. The summed E-state index contributed by atoms with van der Waals surface area (Å²) in [7, 11) is 0. The quantitative estimate of drug-likeness (QED) is 0.877. The van der Waals surface area contributed by atoms with Gasteiger partial charge < -0.3 is 10.5 Å². The highest BCUT2D eigenvalue weighted by atomic mass is 19.1. The molecular weight excluding hydrogens is 217 g/mol. The second-order valence-electron chi connectivity index (χ2n) is 3.74. The summed E-state index contributed by atoms with van der Waals surface area (Å²) in [5.74, 6) is 0.746. The molecule has 0 aliphatic heterocycles. The Morgan fingerprint density at radius 1 is 1.18 bits per heavy atom. The number of benzene rings is 2. The molecule has 0 saturated heterocycles. The summed E-state index contributed by atoms with van der Waals surface area (Å²) in [6.07, 6.45) is 0.505. The molecule has 0 radical (unpaired) electrons.